The number of benzene rings is 1. The number of methoxy groups -OCH3 is 2. The summed E-state index contributed by atoms with van der Waals surface area (Å²) in [6, 6.07) is 5.43. The maximum atomic E-state index is 12.1. The van der Waals surface area contributed by atoms with Crippen LogP contribution in [0.1, 0.15) is 38.7 Å². The van der Waals surface area contributed by atoms with E-state index in [0.29, 0.717) is 28.9 Å². The van der Waals surface area contributed by atoms with Crippen LogP contribution in [0.5, 0.6) is 11.5 Å². The lowest BCUT2D eigenvalue weighted by Gasteiger charge is -2.34. The lowest BCUT2D eigenvalue weighted by molar-refractivity contribution is -0.144. The molecule has 1 N–H and O–H groups in total. The molecule has 6 heteroatoms. The predicted octanol–water partition coefficient (Wildman–Crippen LogP) is 3.20. The molecule has 0 radical (unpaired) electrons. The molecule has 148 valence electrons. The van der Waals surface area contributed by atoms with Crippen molar-refractivity contribution in [2.24, 2.45) is 11.8 Å². The molecule has 1 aliphatic rings. The van der Waals surface area contributed by atoms with Gasteiger partial charge in [-0.1, -0.05) is 26.7 Å². The number of esters is 1. The van der Waals surface area contributed by atoms with Gasteiger partial charge in [-0.3, -0.25) is 4.79 Å². The largest absolute Gasteiger partial charge is 0.497 e. The monoisotopic (exact) mass is 375 g/mol. The zero-order chi connectivity index (χ0) is 19.8. The summed E-state index contributed by atoms with van der Waals surface area (Å²) in [5.41, 5.74) is 0.713. The Kier molecular flexibility index (Phi) is 7.70. The van der Waals surface area contributed by atoms with Crippen LogP contribution in [0.3, 0.4) is 0 Å². The smallest absolute Gasteiger partial charge is 0.331 e. The van der Waals surface area contributed by atoms with E-state index in [1.807, 2.05) is 0 Å². The molecule has 1 fully saturated rings. The van der Waals surface area contributed by atoms with Crippen molar-refractivity contribution in [2.45, 2.75) is 39.2 Å². The quantitative estimate of drug-likeness (QED) is 0.585. The van der Waals surface area contributed by atoms with Crippen LogP contribution in [-0.4, -0.2) is 38.7 Å². The second-order valence-corrected chi connectivity index (χ2v) is 6.99. The van der Waals surface area contributed by atoms with Crippen LogP contribution >= 0.6 is 0 Å². The van der Waals surface area contributed by atoms with Crippen molar-refractivity contribution >= 4 is 18.0 Å². The zero-order valence-corrected chi connectivity index (χ0v) is 16.5. The van der Waals surface area contributed by atoms with Gasteiger partial charge in [-0.15, -0.1) is 0 Å². The second-order valence-electron chi connectivity index (χ2n) is 6.99. The summed E-state index contributed by atoms with van der Waals surface area (Å²) in [6.45, 7) is 4.09. The van der Waals surface area contributed by atoms with E-state index in [1.54, 1.807) is 38.5 Å². The van der Waals surface area contributed by atoms with Crippen molar-refractivity contribution in [1.29, 1.82) is 0 Å². The first-order valence-corrected chi connectivity index (χ1v) is 9.30. The maximum Gasteiger partial charge on any atom is 0.331 e. The maximum absolute atomic E-state index is 12.1. The molecule has 0 aliphatic heterocycles. The van der Waals surface area contributed by atoms with Gasteiger partial charge in [0.2, 0.25) is 0 Å². The number of nitrogens with one attached hydrogen (secondary N) is 1. The normalized spacial score (nSPS) is 22.3. The Morgan fingerprint density at radius 2 is 1.96 bits per heavy atom. The van der Waals surface area contributed by atoms with Crippen molar-refractivity contribution in [1.82, 2.24) is 5.32 Å². The van der Waals surface area contributed by atoms with Crippen molar-refractivity contribution in [2.75, 3.05) is 20.8 Å². The van der Waals surface area contributed by atoms with Gasteiger partial charge < -0.3 is 19.5 Å². The van der Waals surface area contributed by atoms with E-state index < -0.39 is 5.97 Å². The van der Waals surface area contributed by atoms with Crippen molar-refractivity contribution in [3.63, 3.8) is 0 Å². The second kappa shape index (κ2) is 10.00. The molecular formula is C21H29NO5. The minimum absolute atomic E-state index is 0.152. The third kappa shape index (κ3) is 6.01. The fourth-order valence-corrected chi connectivity index (χ4v) is 3.33. The van der Waals surface area contributed by atoms with E-state index in [0.717, 1.165) is 12.8 Å². The third-order valence-corrected chi connectivity index (χ3v) is 5.24. The van der Waals surface area contributed by atoms with Gasteiger partial charge in [-0.25, -0.2) is 4.79 Å². The van der Waals surface area contributed by atoms with Crippen LogP contribution in [0.4, 0.5) is 0 Å². The lowest BCUT2D eigenvalue weighted by atomic mass is 9.78. The Labute approximate surface area is 160 Å². The molecule has 0 heterocycles. The van der Waals surface area contributed by atoms with Crippen LogP contribution in [0, 0.1) is 11.8 Å². The van der Waals surface area contributed by atoms with Crippen LogP contribution in [-0.2, 0) is 14.3 Å². The molecule has 1 aliphatic carbocycles. The SMILES string of the molecule is COc1ccc(/C=C/C(=O)OCC(=O)N[C@@H]2CCC[C@H](C)[C@@H]2C)c(OC)c1. The van der Waals surface area contributed by atoms with Gasteiger partial charge in [0, 0.05) is 23.7 Å². The van der Waals surface area contributed by atoms with Crippen molar-refractivity contribution < 1.29 is 23.8 Å². The standard InChI is InChI=1S/C21H29NO5/c1-14-6-5-7-18(15(14)2)22-20(23)13-27-21(24)11-9-16-8-10-17(25-3)12-19(16)26-4/h8-12,14-15,18H,5-7,13H2,1-4H3,(H,22,23)/b11-9+/t14-,15-,18+/m0/s1. The highest BCUT2D eigenvalue weighted by Gasteiger charge is 2.28. The molecule has 0 spiro atoms. The van der Waals surface area contributed by atoms with Gasteiger partial charge in [-0.05, 0) is 36.5 Å². The Morgan fingerprint density at radius 1 is 1.19 bits per heavy atom. The molecule has 0 saturated heterocycles. The molecule has 1 aromatic carbocycles. The number of amides is 1. The highest BCUT2D eigenvalue weighted by Crippen LogP contribution is 2.29. The molecule has 0 unspecified atom stereocenters. The van der Waals surface area contributed by atoms with Crippen LogP contribution in [0.25, 0.3) is 6.08 Å². The van der Waals surface area contributed by atoms with Crippen LogP contribution in [0.2, 0.25) is 0 Å². The van der Waals surface area contributed by atoms with Crippen molar-refractivity contribution in [3.05, 3.63) is 29.8 Å². The first-order valence-electron chi connectivity index (χ1n) is 9.30. The minimum Gasteiger partial charge on any atom is -0.497 e. The summed E-state index contributed by atoms with van der Waals surface area (Å²) in [6.07, 6.45) is 6.15. The molecule has 2 rings (SSSR count). The van der Waals surface area contributed by atoms with Gasteiger partial charge in [0.25, 0.3) is 5.91 Å². The third-order valence-electron chi connectivity index (χ3n) is 5.24. The van der Waals surface area contributed by atoms with Gasteiger partial charge in [0.1, 0.15) is 11.5 Å². The molecule has 27 heavy (non-hydrogen) atoms. The van der Waals surface area contributed by atoms with E-state index in [1.165, 1.54) is 12.5 Å². The first kappa shape index (κ1) is 20.8. The average Bonchev–Trinajstić information content (AvgIpc) is 2.68. The molecule has 1 saturated carbocycles. The Morgan fingerprint density at radius 3 is 2.67 bits per heavy atom. The summed E-state index contributed by atoms with van der Waals surface area (Å²) in [5, 5.41) is 2.98. The number of hydrogen-bond acceptors (Lipinski definition) is 5. The summed E-state index contributed by atoms with van der Waals surface area (Å²) in [7, 11) is 3.11. The molecular weight excluding hydrogens is 346 g/mol. The Bertz CT molecular complexity index is 685. The molecule has 0 bridgehead atoms. The van der Waals surface area contributed by atoms with Gasteiger partial charge in [0.05, 0.1) is 14.2 Å². The van der Waals surface area contributed by atoms with Gasteiger partial charge in [0.15, 0.2) is 6.61 Å². The van der Waals surface area contributed by atoms with Gasteiger partial charge in [-0.2, -0.15) is 0 Å². The Hall–Kier alpha value is -2.50. The molecule has 6 nitrogen and oxygen atoms in total. The lowest BCUT2D eigenvalue weighted by Crippen LogP contribution is -2.45. The van der Waals surface area contributed by atoms with Crippen molar-refractivity contribution in [3.8, 4) is 11.5 Å². The fraction of sp³-hybridized carbons (Fsp3) is 0.524. The number of carbonyl (C=O) groups excluding carboxylic acids is 2. The molecule has 1 amide bonds. The fourth-order valence-electron chi connectivity index (χ4n) is 3.33. The summed E-state index contributed by atoms with van der Waals surface area (Å²) < 4.78 is 15.5. The topological polar surface area (TPSA) is 73.9 Å². The van der Waals surface area contributed by atoms with E-state index in [9.17, 15) is 9.59 Å². The molecule has 1 aromatic rings. The highest BCUT2D eigenvalue weighted by molar-refractivity contribution is 5.89. The van der Waals surface area contributed by atoms with E-state index in [-0.39, 0.29) is 18.6 Å². The number of ether oxygens (including phenoxy) is 3. The summed E-state index contributed by atoms with van der Waals surface area (Å²) in [4.78, 5) is 24.0. The molecule has 0 aromatic heterocycles. The van der Waals surface area contributed by atoms with Crippen LogP contribution in [0.15, 0.2) is 24.3 Å². The zero-order valence-electron chi connectivity index (χ0n) is 16.5. The highest BCUT2D eigenvalue weighted by atomic mass is 16.5. The predicted molar refractivity (Wildman–Crippen MR) is 104 cm³/mol. The van der Waals surface area contributed by atoms with E-state index in [2.05, 4.69) is 19.2 Å². The van der Waals surface area contributed by atoms with E-state index >= 15 is 0 Å². The summed E-state index contributed by atoms with van der Waals surface area (Å²) in [5.74, 6) is 1.43. The molecule has 3 atom stereocenters. The first-order chi connectivity index (χ1) is 12.9. The number of hydrogen-bond donors (Lipinski definition) is 1. The minimum atomic E-state index is -0.576. The average molecular weight is 375 g/mol. The summed E-state index contributed by atoms with van der Waals surface area (Å²) >= 11 is 0. The van der Waals surface area contributed by atoms with Gasteiger partial charge >= 0.3 is 5.97 Å². The van der Waals surface area contributed by atoms with E-state index in [4.69, 9.17) is 14.2 Å². The van der Waals surface area contributed by atoms with Crippen LogP contribution < -0.4 is 14.8 Å². The number of rotatable bonds is 7. The Balaban J connectivity index is 1.83. The number of carbonyl (C=O) groups is 2.